The van der Waals surface area contributed by atoms with Gasteiger partial charge in [-0.1, -0.05) is 48.0 Å². The number of benzene rings is 2. The summed E-state index contributed by atoms with van der Waals surface area (Å²) in [6, 6.07) is 18.5. The van der Waals surface area contributed by atoms with Crippen LogP contribution in [0.25, 0.3) is 0 Å². The van der Waals surface area contributed by atoms with Gasteiger partial charge in [-0.25, -0.2) is 4.79 Å². The summed E-state index contributed by atoms with van der Waals surface area (Å²) in [6.07, 6.45) is 0. The van der Waals surface area contributed by atoms with E-state index < -0.39 is 0 Å². The van der Waals surface area contributed by atoms with Crippen molar-refractivity contribution in [3.05, 3.63) is 76.9 Å². The first kappa shape index (κ1) is 16.1. The number of amides is 2. The van der Waals surface area contributed by atoms with Crippen molar-refractivity contribution in [2.24, 2.45) is 0 Å². The Balaban J connectivity index is 1.65. The standard InChI is InChI=1S/C18H17ClN4O/c1-13-10-17(22-23(13)12-14-6-3-2-4-7-14)21-18(24)20-16-9-5-8-15(19)11-16/h2-11H,12H2,1H3,(H2,20,21,22,24). The number of nitrogens with zero attached hydrogens (tertiary/aromatic N) is 2. The Bertz CT molecular complexity index is 845. The molecule has 0 aliphatic carbocycles. The maximum atomic E-state index is 12.1. The van der Waals surface area contributed by atoms with Crippen LogP contribution in [0.5, 0.6) is 0 Å². The van der Waals surface area contributed by atoms with E-state index in [0.717, 1.165) is 11.3 Å². The molecule has 5 nitrogen and oxygen atoms in total. The van der Waals surface area contributed by atoms with Gasteiger partial charge in [-0.05, 0) is 30.7 Å². The Labute approximate surface area is 145 Å². The van der Waals surface area contributed by atoms with Gasteiger partial charge >= 0.3 is 6.03 Å². The van der Waals surface area contributed by atoms with Crippen molar-refractivity contribution in [1.82, 2.24) is 9.78 Å². The molecule has 3 aromatic rings. The SMILES string of the molecule is Cc1cc(NC(=O)Nc2cccc(Cl)c2)nn1Cc1ccccc1. The Morgan fingerprint density at radius 1 is 1.08 bits per heavy atom. The molecule has 0 radical (unpaired) electrons. The normalized spacial score (nSPS) is 10.4. The van der Waals surface area contributed by atoms with E-state index in [0.29, 0.717) is 23.1 Å². The molecule has 3 rings (SSSR count). The molecule has 0 saturated heterocycles. The molecular formula is C18H17ClN4O. The highest BCUT2D eigenvalue weighted by Crippen LogP contribution is 2.16. The molecule has 0 atom stereocenters. The van der Waals surface area contributed by atoms with Crippen molar-refractivity contribution in [1.29, 1.82) is 0 Å². The number of aromatic nitrogens is 2. The molecule has 122 valence electrons. The van der Waals surface area contributed by atoms with Crippen LogP contribution in [-0.2, 0) is 6.54 Å². The minimum Gasteiger partial charge on any atom is -0.308 e. The lowest BCUT2D eigenvalue weighted by Gasteiger charge is -2.06. The van der Waals surface area contributed by atoms with Crippen LogP contribution in [0.15, 0.2) is 60.7 Å². The lowest BCUT2D eigenvalue weighted by molar-refractivity contribution is 0.262. The van der Waals surface area contributed by atoms with Crippen molar-refractivity contribution in [3.63, 3.8) is 0 Å². The Morgan fingerprint density at radius 3 is 2.62 bits per heavy atom. The second kappa shape index (κ2) is 7.19. The largest absolute Gasteiger partial charge is 0.324 e. The first-order chi connectivity index (χ1) is 11.6. The summed E-state index contributed by atoms with van der Waals surface area (Å²) in [6.45, 7) is 2.61. The number of hydrogen-bond acceptors (Lipinski definition) is 2. The predicted octanol–water partition coefficient (Wildman–Crippen LogP) is 4.54. The van der Waals surface area contributed by atoms with E-state index in [1.54, 1.807) is 24.3 Å². The predicted molar refractivity (Wildman–Crippen MR) is 96.6 cm³/mol. The van der Waals surface area contributed by atoms with E-state index in [2.05, 4.69) is 15.7 Å². The molecule has 0 aliphatic heterocycles. The van der Waals surface area contributed by atoms with Gasteiger partial charge in [0.2, 0.25) is 0 Å². The van der Waals surface area contributed by atoms with E-state index in [4.69, 9.17) is 11.6 Å². The van der Waals surface area contributed by atoms with Gasteiger partial charge in [0.25, 0.3) is 0 Å². The number of urea groups is 1. The maximum Gasteiger partial charge on any atom is 0.324 e. The fraction of sp³-hybridized carbons (Fsp3) is 0.111. The molecular weight excluding hydrogens is 324 g/mol. The van der Waals surface area contributed by atoms with Crippen LogP contribution in [0.4, 0.5) is 16.3 Å². The van der Waals surface area contributed by atoms with Gasteiger partial charge in [0.1, 0.15) is 0 Å². The van der Waals surface area contributed by atoms with Crippen LogP contribution in [0.1, 0.15) is 11.3 Å². The maximum absolute atomic E-state index is 12.1. The van der Waals surface area contributed by atoms with E-state index in [-0.39, 0.29) is 6.03 Å². The van der Waals surface area contributed by atoms with Crippen LogP contribution < -0.4 is 10.6 Å². The molecule has 0 saturated carbocycles. The minimum absolute atomic E-state index is 0.360. The first-order valence-electron chi connectivity index (χ1n) is 7.52. The summed E-state index contributed by atoms with van der Waals surface area (Å²) in [5, 5.41) is 10.4. The average molecular weight is 341 g/mol. The molecule has 0 bridgehead atoms. The average Bonchev–Trinajstić information content (AvgIpc) is 2.87. The lowest BCUT2D eigenvalue weighted by atomic mass is 10.2. The third kappa shape index (κ3) is 4.14. The summed E-state index contributed by atoms with van der Waals surface area (Å²) in [7, 11) is 0. The summed E-state index contributed by atoms with van der Waals surface area (Å²) in [5.74, 6) is 0.503. The summed E-state index contributed by atoms with van der Waals surface area (Å²) >= 11 is 5.90. The van der Waals surface area contributed by atoms with Crippen molar-refractivity contribution >= 4 is 29.1 Å². The molecule has 0 aliphatic rings. The fourth-order valence-corrected chi connectivity index (χ4v) is 2.52. The van der Waals surface area contributed by atoms with Gasteiger partial charge in [0, 0.05) is 22.5 Å². The molecule has 2 aromatic carbocycles. The van der Waals surface area contributed by atoms with Gasteiger partial charge in [-0.15, -0.1) is 0 Å². The Hall–Kier alpha value is -2.79. The first-order valence-corrected chi connectivity index (χ1v) is 7.90. The van der Waals surface area contributed by atoms with Crippen LogP contribution >= 0.6 is 11.6 Å². The van der Waals surface area contributed by atoms with E-state index in [1.807, 2.05) is 48.0 Å². The molecule has 0 fully saturated rings. The highest BCUT2D eigenvalue weighted by atomic mass is 35.5. The number of hydrogen-bond donors (Lipinski definition) is 2. The van der Waals surface area contributed by atoms with Gasteiger partial charge in [0.05, 0.1) is 6.54 Å². The molecule has 6 heteroatoms. The zero-order valence-corrected chi connectivity index (χ0v) is 13.9. The molecule has 0 unspecified atom stereocenters. The third-order valence-electron chi connectivity index (χ3n) is 3.48. The number of rotatable bonds is 4. The van der Waals surface area contributed by atoms with Gasteiger partial charge in [0.15, 0.2) is 5.82 Å². The number of nitrogens with one attached hydrogen (secondary N) is 2. The number of anilines is 2. The number of aryl methyl sites for hydroxylation is 1. The second-order valence-corrected chi connectivity index (χ2v) is 5.84. The number of halogens is 1. The van der Waals surface area contributed by atoms with E-state index in [9.17, 15) is 4.79 Å². The fourth-order valence-electron chi connectivity index (χ4n) is 2.33. The number of carbonyl (C=O) groups is 1. The van der Waals surface area contributed by atoms with Gasteiger partial charge in [-0.3, -0.25) is 10.00 Å². The van der Waals surface area contributed by atoms with Crippen molar-refractivity contribution in [3.8, 4) is 0 Å². The van der Waals surface area contributed by atoms with Gasteiger partial charge in [-0.2, -0.15) is 5.10 Å². The lowest BCUT2D eigenvalue weighted by Crippen LogP contribution is -2.19. The topological polar surface area (TPSA) is 59.0 Å². The zero-order chi connectivity index (χ0) is 16.9. The van der Waals surface area contributed by atoms with Crippen LogP contribution in [0, 0.1) is 6.92 Å². The summed E-state index contributed by atoms with van der Waals surface area (Å²) in [4.78, 5) is 12.1. The molecule has 1 aromatic heterocycles. The van der Waals surface area contributed by atoms with E-state index in [1.165, 1.54) is 0 Å². The summed E-state index contributed by atoms with van der Waals surface area (Å²) in [5.41, 5.74) is 2.75. The van der Waals surface area contributed by atoms with Crippen LogP contribution in [-0.4, -0.2) is 15.8 Å². The Morgan fingerprint density at radius 2 is 1.88 bits per heavy atom. The molecule has 2 N–H and O–H groups in total. The van der Waals surface area contributed by atoms with Crippen molar-refractivity contribution < 1.29 is 4.79 Å². The van der Waals surface area contributed by atoms with Crippen LogP contribution in [0.2, 0.25) is 5.02 Å². The molecule has 1 heterocycles. The molecule has 0 spiro atoms. The van der Waals surface area contributed by atoms with Crippen molar-refractivity contribution in [2.75, 3.05) is 10.6 Å². The Kier molecular flexibility index (Phi) is 4.82. The zero-order valence-electron chi connectivity index (χ0n) is 13.2. The smallest absolute Gasteiger partial charge is 0.308 e. The van der Waals surface area contributed by atoms with Gasteiger partial charge < -0.3 is 5.32 Å². The highest BCUT2D eigenvalue weighted by molar-refractivity contribution is 6.30. The van der Waals surface area contributed by atoms with Crippen LogP contribution in [0.3, 0.4) is 0 Å². The summed E-state index contributed by atoms with van der Waals surface area (Å²) < 4.78 is 1.85. The highest BCUT2D eigenvalue weighted by Gasteiger charge is 2.08. The molecule has 24 heavy (non-hydrogen) atoms. The number of carbonyl (C=O) groups excluding carboxylic acids is 1. The monoisotopic (exact) mass is 340 g/mol. The quantitative estimate of drug-likeness (QED) is 0.732. The molecule has 2 amide bonds. The van der Waals surface area contributed by atoms with Crippen molar-refractivity contribution in [2.45, 2.75) is 13.5 Å². The van der Waals surface area contributed by atoms with E-state index >= 15 is 0 Å². The third-order valence-corrected chi connectivity index (χ3v) is 3.72. The minimum atomic E-state index is -0.360. The second-order valence-electron chi connectivity index (χ2n) is 5.40.